The molecule has 1 fully saturated rings. The molecule has 0 unspecified atom stereocenters. The Balaban J connectivity index is 2.02. The molecule has 0 atom stereocenters. The highest BCUT2D eigenvalue weighted by molar-refractivity contribution is 4.96. The van der Waals surface area contributed by atoms with Gasteiger partial charge in [0.05, 0.1) is 11.9 Å². The average molecular weight is 167 g/mol. The van der Waals surface area contributed by atoms with Crippen molar-refractivity contribution in [2.24, 2.45) is 0 Å². The van der Waals surface area contributed by atoms with E-state index in [2.05, 4.69) is 14.9 Å². The molecule has 0 amide bonds. The fraction of sp³-hybridized carbons (Fsp3) is 0.500. The molecule has 0 saturated carbocycles. The molecule has 0 radical (unpaired) electrons. The van der Waals surface area contributed by atoms with Crippen LogP contribution in [0.3, 0.4) is 0 Å². The summed E-state index contributed by atoms with van der Waals surface area (Å²) >= 11 is 0. The van der Waals surface area contributed by atoms with Crippen LogP contribution in [0.15, 0.2) is 12.4 Å². The minimum atomic E-state index is -0.493. The van der Waals surface area contributed by atoms with Crippen molar-refractivity contribution in [1.82, 2.24) is 14.9 Å². The topological polar surface area (TPSA) is 29.0 Å². The quantitative estimate of drug-likeness (QED) is 0.653. The third kappa shape index (κ3) is 1.58. The standard InChI is InChI=1S/C8H10FN3/c9-8-5-10-4-7(11-8)6-12-2-1-3-12/h4-5H,1-3,6H2. The highest BCUT2D eigenvalue weighted by atomic mass is 19.1. The fourth-order valence-corrected chi connectivity index (χ4v) is 1.22. The number of rotatable bonds is 2. The molecule has 0 aliphatic carbocycles. The van der Waals surface area contributed by atoms with Crippen LogP contribution in [0.5, 0.6) is 0 Å². The Morgan fingerprint density at radius 3 is 2.83 bits per heavy atom. The minimum absolute atomic E-state index is 0.493. The summed E-state index contributed by atoms with van der Waals surface area (Å²) in [6, 6.07) is 0. The fourth-order valence-electron chi connectivity index (χ4n) is 1.22. The Kier molecular flexibility index (Phi) is 1.99. The summed E-state index contributed by atoms with van der Waals surface area (Å²) in [6.45, 7) is 2.92. The second kappa shape index (κ2) is 3.15. The van der Waals surface area contributed by atoms with Gasteiger partial charge in [0.15, 0.2) is 0 Å². The average Bonchev–Trinajstić information content (AvgIpc) is 1.97. The molecule has 0 spiro atoms. The summed E-state index contributed by atoms with van der Waals surface area (Å²) < 4.78 is 12.5. The number of hydrogen-bond donors (Lipinski definition) is 0. The van der Waals surface area contributed by atoms with Crippen molar-refractivity contribution in [2.45, 2.75) is 13.0 Å². The highest BCUT2D eigenvalue weighted by Crippen LogP contribution is 2.09. The van der Waals surface area contributed by atoms with Crippen LogP contribution >= 0.6 is 0 Å². The van der Waals surface area contributed by atoms with Gasteiger partial charge in [-0.2, -0.15) is 4.39 Å². The lowest BCUT2D eigenvalue weighted by Crippen LogP contribution is -2.36. The molecule has 1 aromatic heterocycles. The van der Waals surface area contributed by atoms with Gasteiger partial charge in [-0.3, -0.25) is 9.88 Å². The summed E-state index contributed by atoms with van der Waals surface area (Å²) in [7, 11) is 0. The first-order valence-electron chi connectivity index (χ1n) is 4.03. The van der Waals surface area contributed by atoms with Gasteiger partial charge >= 0.3 is 0 Å². The summed E-state index contributed by atoms with van der Waals surface area (Å²) in [5.74, 6) is -0.493. The minimum Gasteiger partial charge on any atom is -0.297 e. The number of halogens is 1. The molecule has 3 nitrogen and oxygen atoms in total. The lowest BCUT2D eigenvalue weighted by Gasteiger charge is -2.29. The first kappa shape index (κ1) is 7.61. The third-order valence-electron chi connectivity index (χ3n) is 1.99. The van der Waals surface area contributed by atoms with E-state index in [4.69, 9.17) is 0 Å². The van der Waals surface area contributed by atoms with Crippen molar-refractivity contribution < 1.29 is 4.39 Å². The van der Waals surface area contributed by atoms with Gasteiger partial charge < -0.3 is 0 Å². The Hall–Kier alpha value is -1.03. The van der Waals surface area contributed by atoms with Crippen molar-refractivity contribution in [3.63, 3.8) is 0 Å². The highest BCUT2D eigenvalue weighted by Gasteiger charge is 2.14. The molecule has 0 bridgehead atoms. The monoisotopic (exact) mass is 167 g/mol. The third-order valence-corrected chi connectivity index (χ3v) is 1.99. The van der Waals surface area contributed by atoms with E-state index in [-0.39, 0.29) is 0 Å². The largest absolute Gasteiger partial charge is 0.297 e. The molecular weight excluding hydrogens is 157 g/mol. The smallest absolute Gasteiger partial charge is 0.231 e. The molecule has 1 aliphatic rings. The lowest BCUT2D eigenvalue weighted by molar-refractivity contribution is 0.169. The summed E-state index contributed by atoms with van der Waals surface area (Å²) in [5, 5.41) is 0. The van der Waals surface area contributed by atoms with Crippen molar-refractivity contribution in [3.8, 4) is 0 Å². The maximum Gasteiger partial charge on any atom is 0.231 e. The maximum atomic E-state index is 12.5. The number of nitrogens with zero attached hydrogens (tertiary/aromatic N) is 3. The molecule has 0 N–H and O–H groups in total. The van der Waals surface area contributed by atoms with E-state index < -0.39 is 5.95 Å². The van der Waals surface area contributed by atoms with E-state index in [1.165, 1.54) is 6.42 Å². The molecular formula is C8H10FN3. The van der Waals surface area contributed by atoms with E-state index in [0.29, 0.717) is 0 Å². The van der Waals surface area contributed by atoms with Crippen LogP contribution in [0.25, 0.3) is 0 Å². The van der Waals surface area contributed by atoms with E-state index >= 15 is 0 Å². The van der Waals surface area contributed by atoms with Crippen LogP contribution in [0, 0.1) is 5.95 Å². The molecule has 64 valence electrons. The summed E-state index contributed by atoms with van der Waals surface area (Å²) in [4.78, 5) is 9.67. The zero-order valence-corrected chi connectivity index (χ0v) is 6.70. The van der Waals surface area contributed by atoms with Gasteiger partial charge in [-0.05, 0) is 19.5 Å². The summed E-state index contributed by atoms with van der Waals surface area (Å²) in [6.07, 6.45) is 3.98. The first-order valence-corrected chi connectivity index (χ1v) is 4.03. The van der Waals surface area contributed by atoms with E-state index in [0.717, 1.165) is 31.5 Å². The number of likely N-dealkylation sites (tertiary alicyclic amines) is 1. The van der Waals surface area contributed by atoms with Gasteiger partial charge in [0, 0.05) is 12.7 Å². The number of hydrogen-bond acceptors (Lipinski definition) is 3. The molecule has 4 heteroatoms. The zero-order chi connectivity index (χ0) is 8.39. The van der Waals surface area contributed by atoms with Gasteiger partial charge in [0.2, 0.25) is 5.95 Å². The molecule has 1 aliphatic heterocycles. The summed E-state index contributed by atoms with van der Waals surface area (Å²) in [5.41, 5.74) is 0.717. The van der Waals surface area contributed by atoms with Gasteiger partial charge in [-0.15, -0.1) is 0 Å². The van der Waals surface area contributed by atoms with Crippen molar-refractivity contribution in [1.29, 1.82) is 0 Å². The van der Waals surface area contributed by atoms with Crippen LogP contribution in [0.1, 0.15) is 12.1 Å². The second-order valence-electron chi connectivity index (χ2n) is 2.96. The normalized spacial score (nSPS) is 17.4. The molecule has 2 heterocycles. The van der Waals surface area contributed by atoms with Gasteiger partial charge in [0.25, 0.3) is 0 Å². The number of aromatic nitrogens is 2. The Labute approximate surface area is 70.3 Å². The van der Waals surface area contributed by atoms with Crippen molar-refractivity contribution >= 4 is 0 Å². The van der Waals surface area contributed by atoms with Crippen LogP contribution in [-0.2, 0) is 6.54 Å². The van der Waals surface area contributed by atoms with Crippen LogP contribution < -0.4 is 0 Å². The predicted octanol–water partition coefficient (Wildman–Crippen LogP) is 0.821. The molecule has 1 saturated heterocycles. The van der Waals surface area contributed by atoms with Crippen LogP contribution in [-0.4, -0.2) is 28.0 Å². The SMILES string of the molecule is Fc1cncc(CN2CCC2)n1. The van der Waals surface area contributed by atoms with Crippen LogP contribution in [0.2, 0.25) is 0 Å². The Bertz CT molecular complexity index is 273. The van der Waals surface area contributed by atoms with Gasteiger partial charge in [-0.25, -0.2) is 4.98 Å². The zero-order valence-electron chi connectivity index (χ0n) is 6.70. The van der Waals surface area contributed by atoms with Gasteiger partial charge in [0.1, 0.15) is 0 Å². The molecule has 2 rings (SSSR count). The van der Waals surface area contributed by atoms with Crippen molar-refractivity contribution in [2.75, 3.05) is 13.1 Å². The van der Waals surface area contributed by atoms with Gasteiger partial charge in [-0.1, -0.05) is 0 Å². The Morgan fingerprint density at radius 1 is 1.42 bits per heavy atom. The molecule has 1 aromatic rings. The van der Waals surface area contributed by atoms with Crippen molar-refractivity contribution in [3.05, 3.63) is 24.0 Å². The molecule has 0 aromatic carbocycles. The predicted molar refractivity (Wildman–Crippen MR) is 41.9 cm³/mol. The lowest BCUT2D eigenvalue weighted by atomic mass is 10.2. The maximum absolute atomic E-state index is 12.5. The van der Waals surface area contributed by atoms with E-state index in [1.807, 2.05) is 0 Å². The molecule has 12 heavy (non-hydrogen) atoms. The second-order valence-corrected chi connectivity index (χ2v) is 2.96. The van der Waals surface area contributed by atoms with E-state index in [1.54, 1.807) is 6.20 Å². The van der Waals surface area contributed by atoms with E-state index in [9.17, 15) is 4.39 Å². The Morgan fingerprint density at radius 2 is 2.25 bits per heavy atom. The van der Waals surface area contributed by atoms with Crippen LogP contribution in [0.4, 0.5) is 4.39 Å². The first-order chi connectivity index (χ1) is 5.84.